The summed E-state index contributed by atoms with van der Waals surface area (Å²) >= 11 is 0. The molecule has 0 aromatic heterocycles. The van der Waals surface area contributed by atoms with Crippen molar-refractivity contribution >= 4 is 5.78 Å². The maximum Gasteiger partial charge on any atom is 0.178 e. The van der Waals surface area contributed by atoms with E-state index in [4.69, 9.17) is 0 Å². The van der Waals surface area contributed by atoms with Crippen molar-refractivity contribution in [1.82, 2.24) is 4.90 Å². The molecule has 1 aliphatic carbocycles. The maximum absolute atomic E-state index is 12.5. The van der Waals surface area contributed by atoms with E-state index in [9.17, 15) is 4.79 Å². The fraction of sp³-hybridized carbons (Fsp3) is 0.786. The van der Waals surface area contributed by atoms with E-state index < -0.39 is 0 Å². The van der Waals surface area contributed by atoms with Crippen LogP contribution in [0.3, 0.4) is 0 Å². The van der Waals surface area contributed by atoms with Crippen molar-refractivity contribution < 1.29 is 4.79 Å². The van der Waals surface area contributed by atoms with Crippen LogP contribution in [-0.4, -0.2) is 29.3 Å². The number of likely N-dealkylation sites (tertiary alicyclic amines) is 1. The molecule has 0 spiro atoms. The summed E-state index contributed by atoms with van der Waals surface area (Å²) < 4.78 is 0. The summed E-state index contributed by atoms with van der Waals surface area (Å²) in [5.74, 6) is 0.370. The third-order valence-corrected chi connectivity index (χ3v) is 4.03. The van der Waals surface area contributed by atoms with Crippen LogP contribution in [0.1, 0.15) is 52.4 Å². The maximum atomic E-state index is 12.5. The Labute approximate surface area is 98.7 Å². The van der Waals surface area contributed by atoms with Gasteiger partial charge in [-0.3, -0.25) is 9.69 Å². The minimum atomic E-state index is -0.278. The van der Waals surface area contributed by atoms with Gasteiger partial charge in [-0.1, -0.05) is 6.08 Å². The van der Waals surface area contributed by atoms with Gasteiger partial charge >= 0.3 is 0 Å². The monoisotopic (exact) mass is 221 g/mol. The van der Waals surface area contributed by atoms with Gasteiger partial charge in [0.1, 0.15) is 0 Å². The number of ketones is 1. The van der Waals surface area contributed by atoms with Crippen molar-refractivity contribution in [3.05, 3.63) is 11.6 Å². The fourth-order valence-electron chi connectivity index (χ4n) is 2.86. The zero-order valence-corrected chi connectivity index (χ0v) is 10.6. The number of allylic oxidation sites excluding steroid dienone is 1. The number of nitrogens with zero attached hydrogens (tertiary/aromatic N) is 1. The lowest BCUT2D eigenvalue weighted by molar-refractivity contribution is -0.125. The third-order valence-electron chi connectivity index (χ3n) is 4.03. The lowest BCUT2D eigenvalue weighted by atomic mass is 9.86. The minimum absolute atomic E-state index is 0.278. The minimum Gasteiger partial charge on any atom is -0.292 e. The Morgan fingerprint density at radius 1 is 1.19 bits per heavy atom. The molecule has 0 N–H and O–H groups in total. The van der Waals surface area contributed by atoms with Crippen molar-refractivity contribution in [1.29, 1.82) is 0 Å². The Kier molecular flexibility index (Phi) is 3.48. The Balaban J connectivity index is 2.09. The number of hydrogen-bond donors (Lipinski definition) is 0. The van der Waals surface area contributed by atoms with Gasteiger partial charge in [0.15, 0.2) is 5.78 Å². The van der Waals surface area contributed by atoms with Crippen LogP contribution in [0.15, 0.2) is 11.6 Å². The molecule has 1 heterocycles. The van der Waals surface area contributed by atoms with E-state index in [0.717, 1.165) is 31.5 Å². The molecule has 2 heteroatoms. The number of carbonyl (C=O) groups excluding carboxylic acids is 1. The van der Waals surface area contributed by atoms with Crippen LogP contribution in [0.5, 0.6) is 0 Å². The molecule has 90 valence electrons. The van der Waals surface area contributed by atoms with Gasteiger partial charge in [0, 0.05) is 0 Å². The number of Topliss-reactive ketones (excluding diaryl/α,β-unsaturated/α-hetero) is 1. The van der Waals surface area contributed by atoms with Crippen LogP contribution in [0, 0.1) is 0 Å². The largest absolute Gasteiger partial charge is 0.292 e. The summed E-state index contributed by atoms with van der Waals surface area (Å²) in [7, 11) is 0. The summed E-state index contributed by atoms with van der Waals surface area (Å²) in [6, 6.07) is 0. The smallest absolute Gasteiger partial charge is 0.178 e. The van der Waals surface area contributed by atoms with Crippen LogP contribution < -0.4 is 0 Å². The summed E-state index contributed by atoms with van der Waals surface area (Å²) in [6.45, 7) is 6.37. The lowest BCUT2D eigenvalue weighted by Crippen LogP contribution is -2.49. The van der Waals surface area contributed by atoms with Gasteiger partial charge in [0.2, 0.25) is 0 Å². The lowest BCUT2D eigenvalue weighted by Gasteiger charge is -2.35. The highest BCUT2D eigenvalue weighted by Gasteiger charge is 2.37. The molecule has 0 saturated carbocycles. The van der Waals surface area contributed by atoms with Gasteiger partial charge in [0.25, 0.3) is 0 Å². The molecule has 1 aliphatic heterocycles. The molecule has 2 aliphatic rings. The molecular formula is C14H23NO. The van der Waals surface area contributed by atoms with Gasteiger partial charge in [-0.05, 0) is 71.0 Å². The van der Waals surface area contributed by atoms with Crippen molar-refractivity contribution in [3.8, 4) is 0 Å². The summed E-state index contributed by atoms with van der Waals surface area (Å²) in [6.07, 6.45) is 9.19. The summed E-state index contributed by atoms with van der Waals surface area (Å²) in [4.78, 5) is 14.8. The molecule has 0 bridgehead atoms. The average molecular weight is 221 g/mol. The molecule has 0 unspecified atom stereocenters. The van der Waals surface area contributed by atoms with Crippen LogP contribution in [0.25, 0.3) is 0 Å². The van der Waals surface area contributed by atoms with E-state index in [1.807, 2.05) is 0 Å². The molecule has 16 heavy (non-hydrogen) atoms. The van der Waals surface area contributed by atoms with Crippen molar-refractivity contribution in [2.45, 2.75) is 57.9 Å². The Bertz CT molecular complexity index is 298. The van der Waals surface area contributed by atoms with E-state index in [0.29, 0.717) is 5.78 Å². The summed E-state index contributed by atoms with van der Waals surface area (Å²) in [5.41, 5.74) is 0.808. The molecule has 0 aromatic rings. The average Bonchev–Trinajstić information content (AvgIpc) is 2.83. The van der Waals surface area contributed by atoms with E-state index in [1.54, 1.807) is 0 Å². The van der Waals surface area contributed by atoms with E-state index in [-0.39, 0.29) is 5.54 Å². The van der Waals surface area contributed by atoms with Crippen LogP contribution in [0.2, 0.25) is 0 Å². The molecule has 1 saturated heterocycles. The topological polar surface area (TPSA) is 20.3 Å². The Morgan fingerprint density at radius 2 is 1.88 bits per heavy atom. The number of hydrogen-bond acceptors (Lipinski definition) is 2. The number of rotatable bonds is 3. The predicted molar refractivity (Wildman–Crippen MR) is 66.4 cm³/mol. The molecule has 1 fully saturated rings. The van der Waals surface area contributed by atoms with Crippen molar-refractivity contribution in [3.63, 3.8) is 0 Å². The van der Waals surface area contributed by atoms with Crippen LogP contribution in [-0.2, 0) is 4.79 Å². The zero-order valence-electron chi connectivity index (χ0n) is 10.6. The molecular weight excluding hydrogens is 198 g/mol. The first-order valence-electron chi connectivity index (χ1n) is 6.61. The van der Waals surface area contributed by atoms with Gasteiger partial charge in [-0.15, -0.1) is 0 Å². The second kappa shape index (κ2) is 4.70. The standard InChI is InChI=1S/C14H23NO/c1-14(2,15-10-6-7-11-15)13(16)12-8-4-3-5-9-12/h8H,3-7,9-11H2,1-2H3. The van der Waals surface area contributed by atoms with Crippen molar-refractivity contribution in [2.24, 2.45) is 0 Å². The highest BCUT2D eigenvalue weighted by atomic mass is 16.1. The van der Waals surface area contributed by atoms with Gasteiger partial charge < -0.3 is 0 Å². The zero-order chi connectivity index (χ0) is 11.6. The second-order valence-corrected chi connectivity index (χ2v) is 5.56. The third kappa shape index (κ3) is 2.22. The quantitative estimate of drug-likeness (QED) is 0.730. The highest BCUT2D eigenvalue weighted by molar-refractivity contribution is 6.02. The van der Waals surface area contributed by atoms with Crippen LogP contribution >= 0.6 is 0 Å². The first-order valence-corrected chi connectivity index (χ1v) is 6.61. The van der Waals surface area contributed by atoms with E-state index >= 15 is 0 Å². The Morgan fingerprint density at radius 3 is 2.44 bits per heavy atom. The first-order chi connectivity index (χ1) is 7.62. The molecule has 0 radical (unpaired) electrons. The molecule has 0 atom stereocenters. The molecule has 2 rings (SSSR count). The summed E-state index contributed by atoms with van der Waals surface area (Å²) in [5, 5.41) is 0. The second-order valence-electron chi connectivity index (χ2n) is 5.56. The van der Waals surface area contributed by atoms with E-state index in [1.165, 1.54) is 25.7 Å². The fourth-order valence-corrected chi connectivity index (χ4v) is 2.86. The molecule has 0 amide bonds. The van der Waals surface area contributed by atoms with Gasteiger partial charge in [0.05, 0.1) is 5.54 Å². The van der Waals surface area contributed by atoms with Gasteiger partial charge in [-0.25, -0.2) is 0 Å². The SMILES string of the molecule is CC(C)(C(=O)C1=CCCCC1)N1CCCC1. The normalized spacial score (nSPS) is 23.2. The Hall–Kier alpha value is -0.630. The van der Waals surface area contributed by atoms with Crippen molar-refractivity contribution in [2.75, 3.05) is 13.1 Å². The highest BCUT2D eigenvalue weighted by Crippen LogP contribution is 2.28. The predicted octanol–water partition coefficient (Wildman–Crippen LogP) is 2.93. The first kappa shape index (κ1) is 11.8. The number of carbonyl (C=O) groups is 1. The van der Waals surface area contributed by atoms with E-state index in [2.05, 4.69) is 24.8 Å². The van der Waals surface area contributed by atoms with Gasteiger partial charge in [-0.2, -0.15) is 0 Å². The van der Waals surface area contributed by atoms with Crippen LogP contribution in [0.4, 0.5) is 0 Å². The molecule has 0 aromatic carbocycles. The molecule has 2 nitrogen and oxygen atoms in total.